The highest BCUT2D eigenvalue weighted by atomic mass is 28.4. The first-order valence-electron chi connectivity index (χ1n) is 29.1. The summed E-state index contributed by atoms with van der Waals surface area (Å²) in [5.41, 5.74) is 2.47. The second-order valence-electron chi connectivity index (χ2n) is 24.0. The minimum absolute atomic E-state index is 0.0501. The zero-order valence-corrected chi connectivity index (χ0v) is 50.4. The minimum Gasteiger partial charge on any atom is -0.445 e. The molecule has 23 nitrogen and oxygen atoms in total. The maximum atomic E-state index is 13.0. The van der Waals surface area contributed by atoms with Crippen molar-refractivity contribution in [2.24, 2.45) is 17.8 Å². The van der Waals surface area contributed by atoms with Crippen LogP contribution in [0, 0.1) is 17.8 Å². The molecule has 0 aromatic heterocycles. The minimum atomic E-state index is -2.37. The number of benzene rings is 3. The lowest BCUT2D eigenvalue weighted by atomic mass is 9.78. The molecule has 4 saturated heterocycles. The normalized spacial score (nSPS) is 34.6. The van der Waals surface area contributed by atoms with Gasteiger partial charge in [-0.15, -0.1) is 0 Å². The molecule has 3 aromatic carbocycles. The Morgan fingerprint density at radius 2 is 1.24 bits per heavy atom. The predicted octanol–water partition coefficient (Wildman–Crippen LogP) is 4.03. The first kappa shape index (κ1) is 66.8. The average molecular weight is 1200 g/mol. The van der Waals surface area contributed by atoms with Gasteiger partial charge in [0.25, 0.3) is 0 Å². The highest BCUT2D eigenvalue weighted by Crippen LogP contribution is 2.42. The van der Waals surface area contributed by atoms with Gasteiger partial charge >= 0.3 is 12.2 Å². The number of alkyl carbamates (subject to hydrolysis) is 2. The third-order valence-corrected chi connectivity index (χ3v) is 21.3. The van der Waals surface area contributed by atoms with E-state index >= 15 is 0 Å². The van der Waals surface area contributed by atoms with Gasteiger partial charge in [0.1, 0.15) is 62.0 Å². The van der Waals surface area contributed by atoms with Crippen molar-refractivity contribution in [1.29, 1.82) is 0 Å². The SMILES string of the molecule is CCC[C@H](O)C(=O)N[C@@H]1C[C@H](NC(=O)OCc2ccccc2)[C@@H](O[C@H]2O[C@@H]3COC(c4ccccc4)O[C@H]3[C@H](O)[C@H]2C)[C@H](C)[C@H]1O.C[C@H]1[C@@H](O[C@H]2[C@@H](O[Si](C)(C)C(C)(C)C)[C@H](O)O[C@@H]2CO)O[C@@H](CNC(=O)OCc2ccccc2)[C@@H](O)[C@@H]1O. The van der Waals surface area contributed by atoms with Gasteiger partial charge in [0, 0.05) is 29.9 Å². The van der Waals surface area contributed by atoms with Crippen LogP contribution in [0.2, 0.25) is 18.1 Å². The summed E-state index contributed by atoms with van der Waals surface area (Å²) in [7, 11) is -2.37. The Bertz CT molecular complexity index is 2500. The first-order chi connectivity index (χ1) is 39.9. The van der Waals surface area contributed by atoms with Gasteiger partial charge in [-0.05, 0) is 42.1 Å². The molecule has 0 bridgehead atoms. The number of carbonyl (C=O) groups excluding carboxylic acids is 3. The lowest BCUT2D eigenvalue weighted by Crippen LogP contribution is -2.65. The molecule has 1 aliphatic carbocycles. The summed E-state index contributed by atoms with van der Waals surface area (Å²) in [5, 5.41) is 82.6. The van der Waals surface area contributed by atoms with Crippen molar-refractivity contribution < 1.29 is 97.2 Å². The molecule has 10 N–H and O–H groups in total. The zero-order chi connectivity index (χ0) is 61.0. The lowest BCUT2D eigenvalue weighted by molar-refractivity contribution is -0.361. The average Bonchev–Trinajstić information content (AvgIpc) is 3.80. The van der Waals surface area contributed by atoms with Crippen LogP contribution in [0.4, 0.5) is 9.59 Å². The Labute approximate surface area is 492 Å². The molecule has 3 amide bonds. The number of rotatable bonds is 19. The maximum Gasteiger partial charge on any atom is 0.407 e. The molecule has 0 radical (unpaired) electrons. The van der Waals surface area contributed by atoms with Crippen LogP contribution in [0.1, 0.15) is 90.7 Å². The van der Waals surface area contributed by atoms with E-state index in [4.69, 9.17) is 47.1 Å². The number of carbonyl (C=O) groups is 3. The molecule has 4 heterocycles. The van der Waals surface area contributed by atoms with Crippen LogP contribution in [0.3, 0.4) is 0 Å². The largest absolute Gasteiger partial charge is 0.445 e. The van der Waals surface area contributed by atoms with Crippen LogP contribution in [0.25, 0.3) is 0 Å². The number of hydrogen-bond acceptors (Lipinski definition) is 20. The van der Waals surface area contributed by atoms with Crippen molar-refractivity contribution in [3.63, 3.8) is 0 Å². The molecule has 4 aliphatic heterocycles. The summed E-state index contributed by atoms with van der Waals surface area (Å²) < 4.78 is 59.6. The fourth-order valence-electron chi connectivity index (χ4n) is 10.6. The van der Waals surface area contributed by atoms with E-state index in [1.807, 2.05) is 111 Å². The monoisotopic (exact) mass is 1200 g/mol. The van der Waals surface area contributed by atoms with E-state index in [1.165, 1.54) is 0 Å². The van der Waals surface area contributed by atoms with Gasteiger partial charge in [-0.3, -0.25) is 4.79 Å². The molecule has 24 heteroatoms. The van der Waals surface area contributed by atoms with Gasteiger partial charge < -0.3 is 98.8 Å². The van der Waals surface area contributed by atoms with Crippen molar-refractivity contribution in [3.05, 3.63) is 108 Å². The Hall–Kier alpha value is -4.71. The number of hydrogen-bond donors (Lipinski definition) is 10. The van der Waals surface area contributed by atoms with Crippen LogP contribution in [-0.4, -0.2) is 186 Å². The number of nitrogens with one attached hydrogen (secondary N) is 3. The summed E-state index contributed by atoms with van der Waals surface area (Å²) >= 11 is 0. The molecule has 5 fully saturated rings. The molecule has 21 atom stereocenters. The van der Waals surface area contributed by atoms with Crippen molar-refractivity contribution in [2.75, 3.05) is 19.8 Å². The number of amides is 3. The van der Waals surface area contributed by atoms with Crippen LogP contribution in [-0.2, 0) is 65.1 Å². The highest BCUT2D eigenvalue weighted by Gasteiger charge is 2.54. The fourth-order valence-corrected chi connectivity index (χ4v) is 11.8. The summed E-state index contributed by atoms with van der Waals surface area (Å²) in [6.45, 7) is 17.0. The molecule has 0 spiro atoms. The molecule has 1 unspecified atom stereocenters. The number of aliphatic hydroxyl groups excluding tert-OH is 7. The highest BCUT2D eigenvalue weighted by molar-refractivity contribution is 6.74. The van der Waals surface area contributed by atoms with Gasteiger partial charge in [-0.1, -0.05) is 146 Å². The van der Waals surface area contributed by atoms with Crippen molar-refractivity contribution in [2.45, 2.75) is 210 Å². The summed E-state index contributed by atoms with van der Waals surface area (Å²) in [6, 6.07) is 26.4. The summed E-state index contributed by atoms with van der Waals surface area (Å²) in [6.07, 6.45) is -15.8. The lowest BCUT2D eigenvalue weighted by Gasteiger charge is -2.50. The van der Waals surface area contributed by atoms with Crippen LogP contribution in [0.5, 0.6) is 0 Å². The Kier molecular flexibility index (Phi) is 24.1. The summed E-state index contributed by atoms with van der Waals surface area (Å²) in [4.78, 5) is 37.9. The molecule has 468 valence electrons. The van der Waals surface area contributed by atoms with E-state index in [0.717, 1.165) is 16.7 Å². The standard InChI is InChI=1S/C34H46N2O10.C26H43NO10Si/c1-4-11-25(37)31(40)35-23-16-24(36-34(41)43-17-21-12-7-5-8-13-21)29(19(2)27(23)38)45-32-20(3)28(39)30-26(44-32)18-42-33(46-30)22-14-9-6-10-15-22;1-15-19(29)20(30)17(12-27-25(32)33-14-16-10-8-7-9-11-16)35-24(15)36-21-18(13-28)34-23(31)22(21)37-38(5,6)26(2,3)4/h5-10,12-15,19-20,23-30,32-33,37-39H,4,11,16-18H2,1-3H3,(H,35,40)(H,36,41);7-11,15,17-24,28-31H,12-14H2,1-6H3,(H,27,32)/t19-,20-,23-,24+,25+,26-,27-,28-,29+,30-,32-,33?;15-,17+,18-,19-,20-,21-,22-,23-,24-/m11/s1. The molecule has 1 saturated carbocycles. The van der Waals surface area contributed by atoms with Gasteiger partial charge in [-0.25, -0.2) is 9.59 Å². The summed E-state index contributed by atoms with van der Waals surface area (Å²) in [5.74, 6) is -2.40. The van der Waals surface area contributed by atoms with Crippen molar-refractivity contribution in [1.82, 2.24) is 16.0 Å². The Balaban J connectivity index is 0.000000246. The predicted molar refractivity (Wildman–Crippen MR) is 304 cm³/mol. The topological polar surface area (TPSA) is 321 Å². The Morgan fingerprint density at radius 3 is 1.83 bits per heavy atom. The third kappa shape index (κ3) is 17.1. The zero-order valence-electron chi connectivity index (χ0n) is 49.4. The van der Waals surface area contributed by atoms with E-state index in [0.29, 0.717) is 6.42 Å². The molecule has 8 rings (SSSR count). The number of aliphatic hydroxyl groups is 7. The van der Waals surface area contributed by atoms with Crippen LogP contribution >= 0.6 is 0 Å². The van der Waals surface area contributed by atoms with Crippen LogP contribution in [0.15, 0.2) is 91.0 Å². The molecular weight excluding hydrogens is 1110 g/mol. The van der Waals surface area contributed by atoms with Crippen molar-refractivity contribution in [3.8, 4) is 0 Å². The third-order valence-electron chi connectivity index (χ3n) is 16.8. The molecule has 84 heavy (non-hydrogen) atoms. The quantitative estimate of drug-likeness (QED) is 0.0758. The van der Waals surface area contributed by atoms with E-state index < -0.39 is 161 Å². The first-order valence-corrected chi connectivity index (χ1v) is 32.0. The van der Waals surface area contributed by atoms with Crippen molar-refractivity contribution >= 4 is 26.4 Å². The van der Waals surface area contributed by atoms with Gasteiger partial charge in [0.05, 0.1) is 49.7 Å². The molecule has 3 aromatic rings. The second kappa shape index (κ2) is 30.3. The molecule has 5 aliphatic rings. The Morgan fingerprint density at radius 1 is 0.667 bits per heavy atom. The van der Waals surface area contributed by atoms with E-state index in [-0.39, 0.29) is 44.2 Å². The van der Waals surface area contributed by atoms with Gasteiger partial charge in [0.2, 0.25) is 5.91 Å². The van der Waals surface area contributed by atoms with Gasteiger partial charge in [0.15, 0.2) is 33.5 Å². The van der Waals surface area contributed by atoms with E-state index in [2.05, 4.69) is 36.7 Å². The maximum absolute atomic E-state index is 13.0. The fraction of sp³-hybridized carbons (Fsp3) is 0.650. The number of ether oxygens (including phenoxy) is 9. The smallest absolute Gasteiger partial charge is 0.407 e. The van der Waals surface area contributed by atoms with E-state index in [9.17, 15) is 50.1 Å². The molecular formula is C60H89N3O20Si. The van der Waals surface area contributed by atoms with Crippen LogP contribution < -0.4 is 16.0 Å². The second-order valence-corrected chi connectivity index (χ2v) is 28.8. The number of fused-ring (bicyclic) bond motifs is 1. The van der Waals surface area contributed by atoms with Gasteiger partial charge in [-0.2, -0.15) is 0 Å². The van der Waals surface area contributed by atoms with E-state index in [1.54, 1.807) is 20.8 Å².